The van der Waals surface area contributed by atoms with Crippen molar-refractivity contribution in [1.82, 2.24) is 20.4 Å². The molecule has 8 heteroatoms. The Morgan fingerprint density at radius 2 is 1.93 bits per heavy atom. The molecule has 1 aromatic carbocycles. The Kier molecular flexibility index (Phi) is 12.5. The number of methoxy groups -OCH3 is 1. The van der Waals surface area contributed by atoms with Crippen LogP contribution < -0.4 is 10.6 Å². The third-order valence-corrected chi connectivity index (χ3v) is 3.73. The molecule has 0 aliphatic carbocycles. The zero-order chi connectivity index (χ0) is 18.5. The quantitative estimate of drug-likeness (QED) is 0.220. The molecule has 2 N–H and O–H groups in total. The van der Waals surface area contributed by atoms with Gasteiger partial charge in [0, 0.05) is 32.6 Å². The number of benzene rings is 1. The summed E-state index contributed by atoms with van der Waals surface area (Å²) in [6.07, 6.45) is 3.76. The Morgan fingerprint density at radius 1 is 1.11 bits per heavy atom. The highest BCUT2D eigenvalue weighted by Crippen LogP contribution is 2.11. The van der Waals surface area contributed by atoms with E-state index >= 15 is 0 Å². The van der Waals surface area contributed by atoms with E-state index in [9.17, 15) is 0 Å². The molecular weight excluding hydrogens is 457 g/mol. The molecule has 0 unspecified atom stereocenters. The number of halogens is 1. The van der Waals surface area contributed by atoms with E-state index in [1.54, 1.807) is 13.3 Å². The second-order valence-electron chi connectivity index (χ2n) is 5.70. The third kappa shape index (κ3) is 9.21. The van der Waals surface area contributed by atoms with Gasteiger partial charge in [0.05, 0.1) is 32.9 Å². The zero-order valence-electron chi connectivity index (χ0n) is 16.1. The summed E-state index contributed by atoms with van der Waals surface area (Å²) in [6.45, 7) is 6.75. The molecule has 0 amide bonds. The Hall–Kier alpha value is -1.65. The number of aromatic nitrogens is 2. The number of nitrogens with zero attached hydrogens (tertiary/aromatic N) is 3. The van der Waals surface area contributed by atoms with Crippen LogP contribution in [0, 0.1) is 0 Å². The lowest BCUT2D eigenvalue weighted by Gasteiger charge is -2.13. The maximum atomic E-state index is 5.46. The summed E-state index contributed by atoms with van der Waals surface area (Å²) >= 11 is 0. The maximum absolute atomic E-state index is 5.46. The number of aliphatic imine (C=N–C) groups is 1. The normalized spacial score (nSPS) is 11.1. The van der Waals surface area contributed by atoms with Gasteiger partial charge >= 0.3 is 0 Å². The van der Waals surface area contributed by atoms with Crippen LogP contribution in [0.4, 0.5) is 0 Å². The van der Waals surface area contributed by atoms with Crippen molar-refractivity contribution in [2.75, 3.05) is 40.0 Å². The van der Waals surface area contributed by atoms with Crippen LogP contribution in [-0.4, -0.2) is 55.8 Å². The molecule has 0 radical (unpaired) electrons. The van der Waals surface area contributed by atoms with Crippen molar-refractivity contribution in [3.63, 3.8) is 0 Å². The van der Waals surface area contributed by atoms with Crippen molar-refractivity contribution in [2.24, 2.45) is 4.99 Å². The molecule has 0 aliphatic rings. The van der Waals surface area contributed by atoms with Crippen molar-refractivity contribution in [2.45, 2.75) is 20.0 Å². The van der Waals surface area contributed by atoms with Gasteiger partial charge in [-0.25, -0.2) is 4.99 Å². The summed E-state index contributed by atoms with van der Waals surface area (Å²) in [5.41, 5.74) is 2.41. The number of rotatable bonds is 11. The molecular formula is C19H30IN5O2. The van der Waals surface area contributed by atoms with Crippen LogP contribution in [0.15, 0.2) is 47.7 Å². The molecule has 0 bridgehead atoms. The van der Waals surface area contributed by atoms with Gasteiger partial charge in [0.2, 0.25) is 0 Å². The fourth-order valence-corrected chi connectivity index (χ4v) is 2.43. The van der Waals surface area contributed by atoms with E-state index in [-0.39, 0.29) is 24.0 Å². The third-order valence-electron chi connectivity index (χ3n) is 3.73. The fraction of sp³-hybridized carbons (Fsp3) is 0.474. The van der Waals surface area contributed by atoms with Crippen LogP contribution in [-0.2, 0) is 22.6 Å². The average Bonchev–Trinajstić information content (AvgIpc) is 3.16. The first-order chi connectivity index (χ1) is 12.8. The number of ether oxygens (including phenoxy) is 2. The lowest BCUT2D eigenvalue weighted by atomic mass is 10.1. The molecule has 0 saturated carbocycles. The highest BCUT2D eigenvalue weighted by atomic mass is 127. The molecule has 0 aliphatic heterocycles. The van der Waals surface area contributed by atoms with Crippen molar-refractivity contribution in [3.05, 3.63) is 53.9 Å². The lowest BCUT2D eigenvalue weighted by Crippen LogP contribution is -2.39. The van der Waals surface area contributed by atoms with E-state index in [0.717, 1.165) is 19.0 Å². The second kappa shape index (κ2) is 14.4. The molecule has 7 nitrogen and oxygen atoms in total. The molecule has 27 heavy (non-hydrogen) atoms. The first kappa shape index (κ1) is 23.4. The van der Waals surface area contributed by atoms with Gasteiger partial charge in [-0.3, -0.25) is 4.68 Å². The van der Waals surface area contributed by atoms with Crippen LogP contribution in [0.5, 0.6) is 0 Å². The van der Waals surface area contributed by atoms with Crippen molar-refractivity contribution in [1.29, 1.82) is 0 Å². The Morgan fingerprint density at radius 3 is 2.63 bits per heavy atom. The van der Waals surface area contributed by atoms with Gasteiger partial charge in [0.15, 0.2) is 5.96 Å². The summed E-state index contributed by atoms with van der Waals surface area (Å²) in [7, 11) is 1.67. The predicted molar refractivity (Wildman–Crippen MR) is 119 cm³/mol. The topological polar surface area (TPSA) is 72.7 Å². The smallest absolute Gasteiger partial charge is 0.191 e. The number of hydrogen-bond acceptors (Lipinski definition) is 4. The van der Waals surface area contributed by atoms with E-state index in [2.05, 4.69) is 34.8 Å². The van der Waals surface area contributed by atoms with Gasteiger partial charge in [-0.2, -0.15) is 5.10 Å². The highest BCUT2D eigenvalue weighted by molar-refractivity contribution is 14.0. The summed E-state index contributed by atoms with van der Waals surface area (Å²) in [4.78, 5) is 4.69. The van der Waals surface area contributed by atoms with Gasteiger partial charge in [0.1, 0.15) is 0 Å². The molecule has 1 aromatic heterocycles. The van der Waals surface area contributed by atoms with Gasteiger partial charge in [-0.15, -0.1) is 24.0 Å². The molecule has 150 valence electrons. The van der Waals surface area contributed by atoms with Crippen molar-refractivity contribution < 1.29 is 9.47 Å². The van der Waals surface area contributed by atoms with E-state index in [1.807, 2.05) is 29.1 Å². The molecule has 0 atom stereocenters. The Bertz CT molecular complexity index is 649. The minimum atomic E-state index is 0. The monoisotopic (exact) mass is 487 g/mol. The zero-order valence-corrected chi connectivity index (χ0v) is 18.4. The Balaban J connectivity index is 0.00000364. The van der Waals surface area contributed by atoms with Gasteiger partial charge in [0.25, 0.3) is 0 Å². The summed E-state index contributed by atoms with van der Waals surface area (Å²) in [5, 5.41) is 10.8. The predicted octanol–water partition coefficient (Wildman–Crippen LogP) is 2.27. The molecule has 0 spiro atoms. The van der Waals surface area contributed by atoms with E-state index in [4.69, 9.17) is 14.5 Å². The molecule has 2 rings (SSSR count). The summed E-state index contributed by atoms with van der Waals surface area (Å²) < 4.78 is 12.3. The number of guanidine groups is 1. The van der Waals surface area contributed by atoms with Crippen molar-refractivity contribution in [3.8, 4) is 0 Å². The lowest BCUT2D eigenvalue weighted by molar-refractivity contribution is 0.0733. The average molecular weight is 487 g/mol. The molecule has 2 aromatic rings. The maximum Gasteiger partial charge on any atom is 0.191 e. The Labute approximate surface area is 178 Å². The van der Waals surface area contributed by atoms with Crippen LogP contribution in [0.25, 0.3) is 0 Å². The van der Waals surface area contributed by atoms with Gasteiger partial charge in [-0.05, 0) is 24.1 Å². The first-order valence-corrected chi connectivity index (χ1v) is 8.96. The highest BCUT2D eigenvalue weighted by Gasteiger charge is 2.04. The molecule has 0 fully saturated rings. The van der Waals surface area contributed by atoms with Crippen LogP contribution in [0.2, 0.25) is 0 Å². The first-order valence-electron chi connectivity index (χ1n) is 8.96. The van der Waals surface area contributed by atoms with Crippen LogP contribution >= 0.6 is 24.0 Å². The van der Waals surface area contributed by atoms with Crippen molar-refractivity contribution >= 4 is 29.9 Å². The summed E-state index contributed by atoms with van der Waals surface area (Å²) in [6, 6.07) is 10.3. The summed E-state index contributed by atoms with van der Waals surface area (Å²) in [5.74, 6) is 0.789. The fourth-order valence-electron chi connectivity index (χ4n) is 2.43. The minimum Gasteiger partial charge on any atom is -0.382 e. The largest absolute Gasteiger partial charge is 0.382 e. The van der Waals surface area contributed by atoms with Gasteiger partial charge < -0.3 is 20.1 Å². The van der Waals surface area contributed by atoms with Crippen LogP contribution in [0.3, 0.4) is 0 Å². The minimum absolute atomic E-state index is 0. The van der Waals surface area contributed by atoms with E-state index in [0.29, 0.717) is 32.9 Å². The van der Waals surface area contributed by atoms with Crippen LogP contribution in [0.1, 0.15) is 18.1 Å². The second-order valence-corrected chi connectivity index (χ2v) is 5.70. The number of hydrogen-bond donors (Lipinski definition) is 2. The SMILES string of the molecule is CCNC(=NCc1ccccc1Cn1cccn1)NCCOCCOC.I. The number of nitrogens with one attached hydrogen (secondary N) is 2. The molecule has 0 saturated heterocycles. The van der Waals surface area contributed by atoms with E-state index < -0.39 is 0 Å². The molecule has 1 heterocycles. The van der Waals surface area contributed by atoms with E-state index in [1.165, 1.54) is 11.1 Å². The van der Waals surface area contributed by atoms with Gasteiger partial charge in [-0.1, -0.05) is 24.3 Å². The standard InChI is InChI=1S/C19H29N5O2.HI/c1-3-20-19(21-10-12-26-14-13-25-2)22-15-17-7-4-5-8-18(17)16-24-11-6-9-23-24;/h4-9,11H,3,10,12-16H2,1-2H3,(H2,20,21,22);1H.